The number of aromatic nitrogens is 3. The number of benzene rings is 1. The van der Waals surface area contributed by atoms with Gasteiger partial charge in [-0.2, -0.15) is 0 Å². The van der Waals surface area contributed by atoms with E-state index >= 15 is 4.39 Å². The maximum atomic E-state index is 15.1. The van der Waals surface area contributed by atoms with E-state index in [0.717, 1.165) is 19.0 Å². The molecule has 43 heavy (non-hydrogen) atoms. The summed E-state index contributed by atoms with van der Waals surface area (Å²) in [6.45, 7) is 1.31. The molecule has 13 heteroatoms. The van der Waals surface area contributed by atoms with Gasteiger partial charge in [0.05, 0.1) is 31.1 Å². The number of carbonyl (C=O) groups is 2. The molecule has 224 valence electrons. The summed E-state index contributed by atoms with van der Waals surface area (Å²) in [6, 6.07) is 9.44. The Bertz CT molecular complexity index is 1650. The normalized spacial score (nSPS) is 13.4. The fourth-order valence-electron chi connectivity index (χ4n) is 4.30. The van der Waals surface area contributed by atoms with Crippen LogP contribution >= 0.6 is 0 Å². The molecule has 0 radical (unpaired) electrons. The Morgan fingerprint density at radius 1 is 0.953 bits per heavy atom. The Morgan fingerprint density at radius 3 is 2.33 bits per heavy atom. The minimum Gasteiger partial charge on any atom is -0.488 e. The van der Waals surface area contributed by atoms with E-state index in [1.807, 2.05) is 14.1 Å². The molecule has 2 amide bonds. The number of rotatable bonds is 12. The predicted octanol–water partition coefficient (Wildman–Crippen LogP) is 4.79. The molecule has 1 aromatic carbocycles. The molecule has 1 fully saturated rings. The monoisotopic (exact) mass is 592 g/mol. The van der Waals surface area contributed by atoms with Gasteiger partial charge in [-0.15, -0.1) is 0 Å². The lowest BCUT2D eigenvalue weighted by Gasteiger charge is -2.16. The highest BCUT2D eigenvalue weighted by atomic mass is 19.1. The fourth-order valence-corrected chi connectivity index (χ4v) is 4.30. The fraction of sp³-hybridized carbons (Fsp3) is 0.300. The first-order valence-electron chi connectivity index (χ1n) is 13.5. The van der Waals surface area contributed by atoms with Crippen LogP contribution in [0, 0.1) is 17.0 Å². The molecule has 3 aromatic heterocycles. The molecule has 0 unspecified atom stereocenters. The van der Waals surface area contributed by atoms with Gasteiger partial charge in [0.25, 0.3) is 11.8 Å². The highest BCUT2D eigenvalue weighted by molar-refractivity contribution is 6.16. The lowest BCUT2D eigenvalue weighted by Crippen LogP contribution is -2.35. The van der Waals surface area contributed by atoms with E-state index in [9.17, 15) is 14.0 Å². The van der Waals surface area contributed by atoms with Crippen LogP contribution in [0.1, 0.15) is 19.3 Å². The molecule has 3 heterocycles. The zero-order valence-corrected chi connectivity index (χ0v) is 23.8. The van der Waals surface area contributed by atoms with Gasteiger partial charge in [0.15, 0.2) is 17.3 Å². The van der Waals surface area contributed by atoms with Crippen molar-refractivity contribution in [3.05, 3.63) is 66.5 Å². The number of carbonyl (C=O) groups excluding carboxylic acids is 2. The molecule has 0 atom stereocenters. The number of amides is 2. The minimum atomic E-state index is -1.31. The number of methoxy groups -OCH3 is 1. The molecule has 2 N–H and O–H groups in total. The molecule has 1 saturated carbocycles. The Balaban J connectivity index is 1.27. The van der Waals surface area contributed by atoms with Crippen LogP contribution in [0.25, 0.3) is 11.0 Å². The van der Waals surface area contributed by atoms with E-state index in [2.05, 4.69) is 30.5 Å². The smallest absolute Gasteiger partial charge is 0.257 e. The molecule has 0 bridgehead atoms. The van der Waals surface area contributed by atoms with Gasteiger partial charge in [0.2, 0.25) is 11.8 Å². The van der Waals surface area contributed by atoms with Crippen molar-refractivity contribution in [1.82, 2.24) is 19.9 Å². The van der Waals surface area contributed by atoms with E-state index < -0.39 is 28.9 Å². The second-order valence-electron chi connectivity index (χ2n) is 10.3. The average Bonchev–Trinajstić information content (AvgIpc) is 3.80. The van der Waals surface area contributed by atoms with Crippen LogP contribution in [-0.4, -0.2) is 66.0 Å². The van der Waals surface area contributed by atoms with Crippen LogP contribution in [0.4, 0.5) is 20.2 Å². The molecule has 1 aliphatic carbocycles. The summed E-state index contributed by atoms with van der Waals surface area (Å²) in [5.41, 5.74) is -0.152. The molecule has 0 aliphatic heterocycles. The predicted molar refractivity (Wildman–Crippen MR) is 154 cm³/mol. The maximum absolute atomic E-state index is 15.1. The summed E-state index contributed by atoms with van der Waals surface area (Å²) in [4.78, 5) is 40.6. The van der Waals surface area contributed by atoms with Gasteiger partial charge >= 0.3 is 0 Å². The minimum absolute atomic E-state index is 0.0474. The van der Waals surface area contributed by atoms with Crippen molar-refractivity contribution < 1.29 is 32.6 Å². The summed E-state index contributed by atoms with van der Waals surface area (Å²) >= 11 is 0. The maximum Gasteiger partial charge on any atom is 0.257 e. The topological polar surface area (TPSA) is 128 Å². The summed E-state index contributed by atoms with van der Waals surface area (Å²) < 4.78 is 45.2. The number of pyridine rings is 3. The van der Waals surface area contributed by atoms with E-state index in [-0.39, 0.29) is 23.2 Å². The highest BCUT2D eigenvalue weighted by Gasteiger charge is 2.56. The zero-order valence-electron chi connectivity index (χ0n) is 23.8. The van der Waals surface area contributed by atoms with Gasteiger partial charge in [-0.05, 0) is 57.6 Å². The van der Waals surface area contributed by atoms with Crippen molar-refractivity contribution in [2.75, 3.05) is 45.0 Å². The number of nitrogens with zero attached hydrogens (tertiary/aromatic N) is 4. The lowest BCUT2D eigenvalue weighted by atomic mass is 10.0. The van der Waals surface area contributed by atoms with Crippen LogP contribution in [0.2, 0.25) is 0 Å². The molecule has 4 aromatic rings. The molecular weight excluding hydrogens is 562 g/mol. The number of hydrogen-bond donors (Lipinski definition) is 2. The van der Waals surface area contributed by atoms with Crippen LogP contribution in [-0.2, 0) is 9.59 Å². The van der Waals surface area contributed by atoms with Crippen molar-refractivity contribution in [3.63, 3.8) is 0 Å². The number of hydrogen-bond acceptors (Lipinski definition) is 9. The van der Waals surface area contributed by atoms with Crippen LogP contribution < -0.4 is 24.8 Å². The molecule has 0 spiro atoms. The van der Waals surface area contributed by atoms with E-state index in [0.29, 0.717) is 41.9 Å². The van der Waals surface area contributed by atoms with Gasteiger partial charge in [0, 0.05) is 36.6 Å². The Hall–Kier alpha value is -4.91. The Kier molecular flexibility index (Phi) is 8.62. The molecule has 5 rings (SSSR count). The summed E-state index contributed by atoms with van der Waals surface area (Å²) in [5, 5.41) is 5.18. The largest absolute Gasteiger partial charge is 0.488 e. The number of anilines is 2. The SMILES string of the molecule is COc1nc2c(Oc3ncc(NC(=O)C4(C(=O)Nc5ccc(F)cc5)CC4)cc3F)ccnc2cc1OCCCN(C)C. The summed E-state index contributed by atoms with van der Waals surface area (Å²) in [5.74, 6) is -1.96. The van der Waals surface area contributed by atoms with Crippen LogP contribution in [0.15, 0.2) is 54.9 Å². The first kappa shape index (κ1) is 29.6. The van der Waals surface area contributed by atoms with E-state index in [4.69, 9.17) is 14.2 Å². The van der Waals surface area contributed by atoms with Crippen molar-refractivity contribution in [1.29, 1.82) is 0 Å². The number of halogens is 2. The van der Waals surface area contributed by atoms with Crippen molar-refractivity contribution >= 4 is 34.2 Å². The Morgan fingerprint density at radius 2 is 1.67 bits per heavy atom. The number of fused-ring (bicyclic) bond motifs is 1. The Labute approximate surface area is 246 Å². The van der Waals surface area contributed by atoms with Gasteiger partial charge < -0.3 is 29.7 Å². The first-order valence-corrected chi connectivity index (χ1v) is 13.5. The van der Waals surface area contributed by atoms with E-state index in [1.165, 1.54) is 49.8 Å². The third-order valence-corrected chi connectivity index (χ3v) is 6.80. The van der Waals surface area contributed by atoms with Gasteiger partial charge in [-0.3, -0.25) is 14.6 Å². The van der Waals surface area contributed by atoms with Crippen molar-refractivity contribution in [2.45, 2.75) is 19.3 Å². The number of ether oxygens (including phenoxy) is 3. The summed E-state index contributed by atoms with van der Waals surface area (Å²) in [7, 11) is 5.42. The summed E-state index contributed by atoms with van der Waals surface area (Å²) in [6.07, 6.45) is 4.15. The molecule has 0 saturated heterocycles. The quantitative estimate of drug-likeness (QED) is 0.176. The van der Waals surface area contributed by atoms with Gasteiger partial charge in [-0.1, -0.05) is 0 Å². The third kappa shape index (κ3) is 6.78. The average molecular weight is 593 g/mol. The molecule has 1 aliphatic rings. The lowest BCUT2D eigenvalue weighted by molar-refractivity contribution is -0.131. The van der Waals surface area contributed by atoms with Crippen molar-refractivity contribution in [3.8, 4) is 23.3 Å². The van der Waals surface area contributed by atoms with E-state index in [1.54, 1.807) is 6.07 Å². The molecular formula is C30H30F2N6O5. The van der Waals surface area contributed by atoms with Gasteiger partial charge in [0.1, 0.15) is 16.7 Å². The second kappa shape index (κ2) is 12.5. The number of nitrogens with one attached hydrogen (secondary N) is 2. The van der Waals surface area contributed by atoms with Gasteiger partial charge in [-0.25, -0.2) is 18.7 Å². The first-order chi connectivity index (χ1) is 20.7. The van der Waals surface area contributed by atoms with Crippen molar-refractivity contribution in [2.24, 2.45) is 5.41 Å². The molecule has 11 nitrogen and oxygen atoms in total. The van der Waals surface area contributed by atoms with Crippen LogP contribution in [0.5, 0.6) is 23.3 Å². The second-order valence-corrected chi connectivity index (χ2v) is 10.3. The third-order valence-electron chi connectivity index (χ3n) is 6.80. The zero-order chi connectivity index (χ0) is 30.6. The highest BCUT2D eigenvalue weighted by Crippen LogP contribution is 2.47. The van der Waals surface area contributed by atoms with Crippen LogP contribution in [0.3, 0.4) is 0 Å². The standard InChI is InChI=1S/C30H30F2N6O5/c1-38(2)13-4-14-42-24-16-22-25(37-27(24)41-3)23(9-12-33-22)43-26-21(32)15-20(17-34-26)36-29(40)30(10-11-30)28(39)35-19-7-5-18(31)6-8-19/h5-9,12,15-17H,4,10-11,13-14H2,1-3H3,(H,35,39)(H,36,40).